The molecule has 0 aromatic heterocycles. The van der Waals surface area contributed by atoms with E-state index in [2.05, 4.69) is 14.0 Å². The number of hydrogen-bond donors (Lipinski definition) is 2. The molecule has 0 amide bonds. The van der Waals surface area contributed by atoms with E-state index in [4.69, 9.17) is 0 Å². The zero-order valence-electron chi connectivity index (χ0n) is 11.5. The molecule has 1 aliphatic heterocycles. The Kier molecular flexibility index (Phi) is 7.87. The molecule has 0 unspecified atom stereocenters. The number of unbranched alkanes of at least 4 members (excludes halogenated alkanes) is 6. The van der Waals surface area contributed by atoms with E-state index in [1.165, 1.54) is 77.7 Å². The van der Waals surface area contributed by atoms with Gasteiger partial charge in [-0.05, 0) is 12.8 Å². The molecule has 1 heterocycles. The van der Waals surface area contributed by atoms with E-state index in [-0.39, 0.29) is 0 Å². The van der Waals surface area contributed by atoms with Gasteiger partial charge in [0.05, 0.1) is 13.6 Å². The quantitative estimate of drug-likeness (QED) is 0.547. The van der Waals surface area contributed by atoms with Crippen LogP contribution in [0.1, 0.15) is 51.9 Å². The van der Waals surface area contributed by atoms with Gasteiger partial charge in [0.1, 0.15) is 26.2 Å². The van der Waals surface area contributed by atoms with Crippen molar-refractivity contribution in [2.45, 2.75) is 51.9 Å². The highest BCUT2D eigenvalue weighted by Gasteiger charge is 2.18. The van der Waals surface area contributed by atoms with Gasteiger partial charge >= 0.3 is 0 Å². The van der Waals surface area contributed by atoms with Gasteiger partial charge < -0.3 is 9.80 Å². The Morgan fingerprint density at radius 3 is 1.94 bits per heavy atom. The van der Waals surface area contributed by atoms with Crippen LogP contribution in [-0.4, -0.2) is 39.8 Å². The SMILES string of the molecule is CCCCCCCCC[NH+]1CC[NH+](C)CC1. The summed E-state index contributed by atoms with van der Waals surface area (Å²) in [5, 5.41) is 0. The Bertz CT molecular complexity index is 151. The zero-order chi connectivity index (χ0) is 11.6. The Morgan fingerprint density at radius 2 is 1.31 bits per heavy atom. The summed E-state index contributed by atoms with van der Waals surface area (Å²) in [6.07, 6.45) is 10.1. The second-order valence-corrected chi connectivity index (χ2v) is 5.58. The molecule has 0 bridgehead atoms. The van der Waals surface area contributed by atoms with Crippen molar-refractivity contribution in [3.05, 3.63) is 0 Å². The summed E-state index contributed by atoms with van der Waals surface area (Å²) in [5.41, 5.74) is 0. The highest BCUT2D eigenvalue weighted by atomic mass is 15.2. The number of likely N-dealkylation sites (N-methyl/N-ethyl adjacent to an activating group) is 1. The van der Waals surface area contributed by atoms with Gasteiger partial charge in [0, 0.05) is 0 Å². The number of piperazine rings is 1. The van der Waals surface area contributed by atoms with Gasteiger partial charge in [-0.1, -0.05) is 39.0 Å². The van der Waals surface area contributed by atoms with Crippen LogP contribution in [0.4, 0.5) is 0 Å². The van der Waals surface area contributed by atoms with Crippen molar-refractivity contribution in [2.75, 3.05) is 39.8 Å². The number of hydrogen-bond acceptors (Lipinski definition) is 0. The minimum Gasteiger partial charge on any atom is -0.328 e. The summed E-state index contributed by atoms with van der Waals surface area (Å²) in [7, 11) is 2.32. The van der Waals surface area contributed by atoms with E-state index in [0.29, 0.717) is 0 Å². The molecule has 16 heavy (non-hydrogen) atoms. The van der Waals surface area contributed by atoms with Crippen molar-refractivity contribution >= 4 is 0 Å². The van der Waals surface area contributed by atoms with Crippen molar-refractivity contribution in [1.29, 1.82) is 0 Å². The average Bonchev–Trinajstić information content (AvgIpc) is 2.30. The number of quaternary nitrogens is 2. The fourth-order valence-corrected chi connectivity index (χ4v) is 2.61. The number of nitrogens with one attached hydrogen (secondary N) is 2. The van der Waals surface area contributed by atoms with Crippen molar-refractivity contribution in [2.24, 2.45) is 0 Å². The summed E-state index contributed by atoms with van der Waals surface area (Å²) in [6.45, 7) is 9.29. The van der Waals surface area contributed by atoms with E-state index in [1.807, 2.05) is 4.90 Å². The molecule has 0 radical (unpaired) electrons. The maximum absolute atomic E-state index is 2.32. The molecule has 0 spiro atoms. The minimum atomic E-state index is 1.37. The lowest BCUT2D eigenvalue weighted by Gasteiger charge is -2.27. The van der Waals surface area contributed by atoms with Gasteiger partial charge in [0.2, 0.25) is 0 Å². The monoisotopic (exact) mass is 228 g/mol. The van der Waals surface area contributed by atoms with Gasteiger partial charge in [0.15, 0.2) is 0 Å². The lowest BCUT2D eigenvalue weighted by molar-refractivity contribution is -1.00. The van der Waals surface area contributed by atoms with Crippen molar-refractivity contribution in [3.63, 3.8) is 0 Å². The van der Waals surface area contributed by atoms with Crippen molar-refractivity contribution in [1.82, 2.24) is 0 Å². The van der Waals surface area contributed by atoms with Crippen LogP contribution < -0.4 is 9.80 Å². The Hall–Kier alpha value is -0.0800. The third kappa shape index (κ3) is 6.49. The van der Waals surface area contributed by atoms with E-state index in [0.717, 1.165) is 0 Å². The largest absolute Gasteiger partial charge is 0.328 e. The second-order valence-electron chi connectivity index (χ2n) is 5.58. The third-order valence-corrected chi connectivity index (χ3v) is 3.94. The summed E-state index contributed by atoms with van der Waals surface area (Å²) in [4.78, 5) is 3.59. The fourth-order valence-electron chi connectivity index (χ4n) is 2.61. The van der Waals surface area contributed by atoms with Crippen molar-refractivity contribution in [3.8, 4) is 0 Å². The second kappa shape index (κ2) is 9.00. The highest BCUT2D eigenvalue weighted by molar-refractivity contribution is 4.45. The summed E-state index contributed by atoms with van der Waals surface area (Å²) in [6, 6.07) is 0. The van der Waals surface area contributed by atoms with Crippen molar-refractivity contribution < 1.29 is 9.80 Å². The van der Waals surface area contributed by atoms with Gasteiger partial charge in [-0.15, -0.1) is 0 Å². The maximum atomic E-state index is 2.32. The lowest BCUT2D eigenvalue weighted by Crippen LogP contribution is -3.27. The van der Waals surface area contributed by atoms with Crippen LogP contribution in [0, 0.1) is 0 Å². The minimum absolute atomic E-state index is 1.37. The van der Waals surface area contributed by atoms with Crippen LogP contribution in [-0.2, 0) is 0 Å². The van der Waals surface area contributed by atoms with E-state index < -0.39 is 0 Å². The van der Waals surface area contributed by atoms with Crippen LogP contribution in [0.25, 0.3) is 0 Å². The molecule has 1 saturated heterocycles. The molecular formula is C14H32N2+2. The molecule has 0 saturated carbocycles. The first-order valence-corrected chi connectivity index (χ1v) is 7.47. The molecule has 2 heteroatoms. The first kappa shape index (κ1) is 14.0. The van der Waals surface area contributed by atoms with E-state index in [1.54, 1.807) is 4.90 Å². The Labute approximate surface area is 102 Å². The van der Waals surface area contributed by atoms with Gasteiger partial charge in [-0.3, -0.25) is 0 Å². The molecule has 0 atom stereocenters. The zero-order valence-corrected chi connectivity index (χ0v) is 11.5. The summed E-state index contributed by atoms with van der Waals surface area (Å²) < 4.78 is 0. The molecule has 1 rings (SSSR count). The summed E-state index contributed by atoms with van der Waals surface area (Å²) >= 11 is 0. The molecule has 0 aromatic rings. The molecule has 96 valence electrons. The molecular weight excluding hydrogens is 196 g/mol. The van der Waals surface area contributed by atoms with Crippen LogP contribution in [0.15, 0.2) is 0 Å². The third-order valence-electron chi connectivity index (χ3n) is 3.94. The Balaban J connectivity index is 1.84. The molecule has 0 aliphatic carbocycles. The molecule has 1 aliphatic rings. The van der Waals surface area contributed by atoms with E-state index >= 15 is 0 Å². The summed E-state index contributed by atoms with van der Waals surface area (Å²) in [5.74, 6) is 0. The van der Waals surface area contributed by atoms with Crippen LogP contribution in [0.5, 0.6) is 0 Å². The Morgan fingerprint density at radius 1 is 0.750 bits per heavy atom. The van der Waals surface area contributed by atoms with Gasteiger partial charge in [-0.25, -0.2) is 0 Å². The smallest absolute Gasteiger partial charge is 0.127 e. The first-order valence-electron chi connectivity index (χ1n) is 7.47. The standard InChI is InChI=1S/C14H30N2/c1-3-4-5-6-7-8-9-10-16-13-11-15(2)12-14-16/h3-14H2,1-2H3/p+2. The predicted octanol–water partition coefficient (Wildman–Crippen LogP) is 0.150. The first-order chi connectivity index (χ1) is 7.83. The van der Waals surface area contributed by atoms with Crippen LogP contribution in [0.3, 0.4) is 0 Å². The molecule has 2 N–H and O–H groups in total. The van der Waals surface area contributed by atoms with E-state index in [9.17, 15) is 0 Å². The van der Waals surface area contributed by atoms with Gasteiger partial charge in [-0.2, -0.15) is 0 Å². The lowest BCUT2D eigenvalue weighted by atomic mass is 10.1. The highest BCUT2D eigenvalue weighted by Crippen LogP contribution is 2.05. The molecule has 1 fully saturated rings. The average molecular weight is 228 g/mol. The number of rotatable bonds is 8. The predicted molar refractivity (Wildman–Crippen MR) is 70.2 cm³/mol. The maximum Gasteiger partial charge on any atom is 0.127 e. The topological polar surface area (TPSA) is 8.88 Å². The van der Waals surface area contributed by atoms with Crippen LogP contribution >= 0.6 is 0 Å². The molecule has 0 aromatic carbocycles. The van der Waals surface area contributed by atoms with Gasteiger partial charge in [0.25, 0.3) is 0 Å². The fraction of sp³-hybridized carbons (Fsp3) is 1.00. The van der Waals surface area contributed by atoms with Crippen LogP contribution in [0.2, 0.25) is 0 Å². The normalized spacial score (nSPS) is 25.9. The molecule has 2 nitrogen and oxygen atoms in total.